The van der Waals surface area contributed by atoms with Gasteiger partial charge in [-0.3, -0.25) is 9.59 Å². The molecule has 1 saturated heterocycles. The van der Waals surface area contributed by atoms with Crippen LogP contribution in [0, 0.1) is 22.7 Å². The molecule has 16 nitrogen and oxygen atoms in total. The zero-order chi connectivity index (χ0) is 47.0. The lowest BCUT2D eigenvalue weighted by atomic mass is 9.90. The number of aliphatic carboxylic acids is 1. The summed E-state index contributed by atoms with van der Waals surface area (Å²) in [5, 5.41) is 42.3. The molecule has 4 N–H and O–H groups in total. The van der Waals surface area contributed by atoms with Gasteiger partial charge in [0.2, 0.25) is 0 Å². The van der Waals surface area contributed by atoms with E-state index >= 15 is 0 Å². The highest BCUT2D eigenvalue weighted by molar-refractivity contribution is 7.98. The molecular weight excluding hydrogens is 880 g/mol. The van der Waals surface area contributed by atoms with Crippen molar-refractivity contribution in [3.8, 4) is 39.6 Å². The first-order valence-corrected chi connectivity index (χ1v) is 22.6. The number of nitriles is 2. The van der Waals surface area contributed by atoms with E-state index in [9.17, 15) is 34.8 Å². The van der Waals surface area contributed by atoms with E-state index in [0.717, 1.165) is 29.1 Å². The lowest BCUT2D eigenvalue weighted by molar-refractivity contribution is -0.143. The largest absolute Gasteiger partial charge is 0.488 e. The van der Waals surface area contributed by atoms with Crippen molar-refractivity contribution < 1.29 is 38.5 Å². The van der Waals surface area contributed by atoms with Crippen LogP contribution < -0.4 is 25.6 Å². The van der Waals surface area contributed by atoms with Crippen LogP contribution in [-0.4, -0.2) is 87.7 Å². The van der Waals surface area contributed by atoms with Gasteiger partial charge in [-0.15, -0.1) is 11.3 Å². The fourth-order valence-corrected chi connectivity index (χ4v) is 8.50. The van der Waals surface area contributed by atoms with Gasteiger partial charge in [0.25, 0.3) is 5.91 Å². The average molecular weight is 932 g/mol. The lowest BCUT2D eigenvalue weighted by Gasteiger charge is -2.39. The maximum Gasteiger partial charge on any atom is 0.408 e. The number of benzene rings is 2. The van der Waals surface area contributed by atoms with Crippen molar-refractivity contribution in [1.29, 1.82) is 10.5 Å². The van der Waals surface area contributed by atoms with Gasteiger partial charge in [0, 0.05) is 40.4 Å². The molecule has 1 fully saturated rings. The summed E-state index contributed by atoms with van der Waals surface area (Å²) in [7, 11) is 0. The van der Waals surface area contributed by atoms with Crippen LogP contribution in [0.3, 0.4) is 0 Å². The highest BCUT2D eigenvalue weighted by atomic mass is 35.5. The summed E-state index contributed by atoms with van der Waals surface area (Å²) in [5.74, 6) is -1.29. The number of thioether (sulfide) groups is 1. The first kappa shape index (κ1) is 48.9. The summed E-state index contributed by atoms with van der Waals surface area (Å²) in [6, 6.07) is 17.1. The molecule has 3 atom stereocenters. The van der Waals surface area contributed by atoms with Crippen LogP contribution >= 0.6 is 34.7 Å². The highest BCUT2D eigenvalue weighted by Crippen LogP contribution is 2.40. The third kappa shape index (κ3) is 12.6. The number of carbonyl (C=O) groups is 4. The van der Waals surface area contributed by atoms with Gasteiger partial charge in [-0.25, -0.2) is 19.6 Å². The van der Waals surface area contributed by atoms with E-state index in [4.69, 9.17) is 35.8 Å². The van der Waals surface area contributed by atoms with Gasteiger partial charge in [-0.1, -0.05) is 47.6 Å². The van der Waals surface area contributed by atoms with Gasteiger partial charge in [-0.2, -0.15) is 10.5 Å². The number of pyridine rings is 1. The Morgan fingerprint density at radius 3 is 2.06 bits per heavy atom. The third-order valence-corrected chi connectivity index (χ3v) is 11.9. The number of ether oxygens (including phenoxy) is 3. The Morgan fingerprint density at radius 2 is 1.48 bits per heavy atom. The molecule has 0 bridgehead atoms. The number of amides is 3. The third-order valence-electron chi connectivity index (χ3n) is 9.68. The monoisotopic (exact) mass is 930 g/mol. The predicted octanol–water partition coefficient (Wildman–Crippen LogP) is 8.31. The van der Waals surface area contributed by atoms with Crippen molar-refractivity contribution in [3.05, 3.63) is 75.8 Å². The summed E-state index contributed by atoms with van der Waals surface area (Å²) in [5.41, 5.74) is -1.05. The second-order valence-corrected chi connectivity index (χ2v) is 19.3. The molecule has 0 spiro atoms. The fourth-order valence-electron chi connectivity index (χ4n) is 6.57. The van der Waals surface area contributed by atoms with Crippen LogP contribution in [0.2, 0.25) is 5.02 Å². The van der Waals surface area contributed by atoms with E-state index in [-0.39, 0.29) is 16.9 Å². The number of nitrogens with zero attached hydrogens (tertiary/aromatic N) is 5. The molecule has 0 aliphatic carbocycles. The molecule has 1 unspecified atom stereocenters. The van der Waals surface area contributed by atoms with Gasteiger partial charge in [0.1, 0.15) is 62.7 Å². The predicted molar refractivity (Wildman–Crippen MR) is 244 cm³/mol. The van der Waals surface area contributed by atoms with Crippen LogP contribution in [0.1, 0.15) is 85.1 Å². The average Bonchev–Trinajstić information content (AvgIpc) is 3.94. The molecule has 2 aromatic heterocycles. The molecule has 5 rings (SSSR count). The number of alkyl carbamates (subject to hydrolysis) is 2. The van der Waals surface area contributed by atoms with Crippen LogP contribution in [0.25, 0.3) is 21.7 Å². The molecule has 338 valence electrons. The minimum atomic E-state index is -2.18. The normalized spacial score (nSPS) is 14.5. The molecule has 4 aromatic rings. The van der Waals surface area contributed by atoms with Crippen LogP contribution in [0.15, 0.2) is 58.9 Å². The molecule has 1 aliphatic heterocycles. The Labute approximate surface area is 385 Å². The van der Waals surface area contributed by atoms with Crippen LogP contribution in [0.5, 0.6) is 5.75 Å². The summed E-state index contributed by atoms with van der Waals surface area (Å²) >= 11 is 8.93. The number of hydrogen-bond acceptors (Lipinski definition) is 14. The minimum absolute atomic E-state index is 0.184. The smallest absolute Gasteiger partial charge is 0.408 e. The number of nitrogens with one attached hydrogen (secondary N) is 3. The number of carboxylic acid groups (broad SMARTS) is 1. The fraction of sp³-hybridized carbons (Fsp3) is 0.422. The molecule has 1 aliphatic rings. The Hall–Kier alpha value is -6.08. The van der Waals surface area contributed by atoms with Crippen molar-refractivity contribution in [3.63, 3.8) is 0 Å². The number of rotatable bonds is 15. The van der Waals surface area contributed by atoms with Crippen molar-refractivity contribution in [2.45, 2.75) is 108 Å². The molecular formula is C45H51ClN8O8S2. The lowest BCUT2D eigenvalue weighted by Crippen LogP contribution is -2.71. The summed E-state index contributed by atoms with van der Waals surface area (Å²) in [6.07, 6.45) is -1.44. The van der Waals surface area contributed by atoms with E-state index in [1.807, 2.05) is 22.4 Å². The Morgan fingerprint density at radius 1 is 0.891 bits per heavy atom. The van der Waals surface area contributed by atoms with Gasteiger partial charge in [0.15, 0.2) is 5.54 Å². The molecule has 19 heteroatoms. The summed E-state index contributed by atoms with van der Waals surface area (Å²) in [6.45, 7) is 13.3. The number of halogens is 1. The Balaban J connectivity index is 1.52. The molecule has 3 amide bonds. The van der Waals surface area contributed by atoms with E-state index < -0.39 is 59.5 Å². The van der Waals surface area contributed by atoms with Crippen molar-refractivity contribution in [2.75, 3.05) is 24.5 Å². The van der Waals surface area contributed by atoms with Crippen LogP contribution in [0.4, 0.5) is 15.4 Å². The Bertz CT molecular complexity index is 2430. The standard InChI is InChI=1S/C45H51ClN8O8S2/c1-26(39(55)56)50-40(57)45(53-42(59)62-44(6,7)8,25-49-41(58)61-43(3,4)5)27(2)60-32-17-13-28(14-18-32)35-33(21-47)36(54-19-9-10-20-54)52-38(34(35)22-48)64-24-31-23-63-37(51-31)29-11-15-30(46)16-12-29/h11-18,23,26-27H,9-10,19-20,24-25H2,1-8H3,(H,49,58)(H,50,57)(H,53,59)(H,55,56)/t26-,27?,45+/m0/s1. The number of anilines is 1. The summed E-state index contributed by atoms with van der Waals surface area (Å²) < 4.78 is 17.2. The van der Waals surface area contributed by atoms with Crippen molar-refractivity contribution in [1.82, 2.24) is 25.9 Å². The van der Waals surface area contributed by atoms with Gasteiger partial charge >= 0.3 is 18.2 Å². The SMILES string of the molecule is CC(Oc1ccc(-c2c(C#N)c(SCc3csc(-c4ccc(Cl)cc4)n3)nc(N3CCCC3)c2C#N)cc1)[C@@](CNC(=O)OC(C)(C)C)(NC(=O)OC(C)(C)C)C(=O)N[C@@H](C)C(=O)O. The number of aromatic nitrogens is 2. The second kappa shape index (κ2) is 20.6. The number of carbonyl (C=O) groups excluding carboxylic acids is 3. The zero-order valence-corrected chi connectivity index (χ0v) is 39.2. The molecule has 3 heterocycles. The maximum absolute atomic E-state index is 14.2. The topological polar surface area (TPSA) is 229 Å². The first-order valence-electron chi connectivity index (χ1n) is 20.4. The molecule has 0 radical (unpaired) electrons. The van der Waals surface area contributed by atoms with Gasteiger partial charge < -0.3 is 40.2 Å². The van der Waals surface area contributed by atoms with E-state index in [1.165, 1.54) is 36.9 Å². The van der Waals surface area contributed by atoms with Gasteiger partial charge in [0.05, 0.1) is 17.8 Å². The number of hydrogen-bond donors (Lipinski definition) is 4. The molecule has 2 aromatic carbocycles. The van der Waals surface area contributed by atoms with E-state index in [1.54, 1.807) is 77.9 Å². The first-order chi connectivity index (χ1) is 30.1. The number of carboxylic acids is 1. The minimum Gasteiger partial charge on any atom is -0.488 e. The van der Waals surface area contributed by atoms with E-state index in [0.29, 0.717) is 45.8 Å². The van der Waals surface area contributed by atoms with Crippen molar-refractivity contribution >= 4 is 64.6 Å². The Kier molecular flexibility index (Phi) is 15.8. The van der Waals surface area contributed by atoms with Gasteiger partial charge in [-0.05, 0) is 98.1 Å². The second-order valence-electron chi connectivity index (χ2n) is 17.0. The molecule has 64 heavy (non-hydrogen) atoms. The quantitative estimate of drug-likeness (QED) is 0.0823. The highest BCUT2D eigenvalue weighted by Gasteiger charge is 2.49. The molecule has 0 saturated carbocycles. The van der Waals surface area contributed by atoms with E-state index in [2.05, 4.69) is 28.1 Å². The zero-order valence-electron chi connectivity index (χ0n) is 36.8. The van der Waals surface area contributed by atoms with Crippen molar-refractivity contribution in [2.24, 2.45) is 0 Å². The van der Waals surface area contributed by atoms with Crippen LogP contribution in [-0.2, 0) is 24.8 Å². The summed E-state index contributed by atoms with van der Waals surface area (Å²) in [4.78, 5) is 64.2. The maximum atomic E-state index is 14.2. The number of thiazole rings is 1.